The third kappa shape index (κ3) is 9.53. The van der Waals surface area contributed by atoms with Crippen LogP contribution in [0.15, 0.2) is 107 Å². The topological polar surface area (TPSA) is 301 Å². The number of fused-ring (bicyclic) bond motifs is 2. The number of nitrogens with zero attached hydrogens (tertiary/aromatic N) is 1. The molecule has 1 aliphatic carbocycles. The lowest BCUT2D eigenvalue weighted by molar-refractivity contribution is 0.479. The Morgan fingerprint density at radius 1 is 0.493 bits per heavy atom. The summed E-state index contributed by atoms with van der Waals surface area (Å²) in [6, 6.07) is 16.7. The molecular formula is C46H45N3O15S5. The first-order chi connectivity index (χ1) is 31.7. The van der Waals surface area contributed by atoms with Crippen LogP contribution in [-0.2, 0) is 50.5 Å². The molecule has 5 aromatic carbocycles. The molecule has 69 heavy (non-hydrogen) atoms. The first kappa shape index (κ1) is 50.8. The number of aryl methyl sites for hydroxylation is 6. The smallest absolute Gasteiger partial charge is 0.296 e. The van der Waals surface area contributed by atoms with Crippen LogP contribution >= 0.6 is 0 Å². The van der Waals surface area contributed by atoms with Crippen LogP contribution in [0.3, 0.4) is 0 Å². The summed E-state index contributed by atoms with van der Waals surface area (Å²) in [6.07, 6.45) is 0. The maximum absolute atomic E-state index is 14.7. The van der Waals surface area contributed by atoms with E-state index >= 15 is 0 Å². The molecular weight excluding hydrogens is 995 g/mol. The van der Waals surface area contributed by atoms with E-state index in [0.717, 1.165) is 12.1 Å². The lowest BCUT2D eigenvalue weighted by Gasteiger charge is -2.21. The molecule has 7 rings (SSSR count). The summed E-state index contributed by atoms with van der Waals surface area (Å²) in [5.74, 6) is -0.141. The Morgan fingerprint density at radius 3 is 1.55 bits per heavy atom. The van der Waals surface area contributed by atoms with Crippen LogP contribution in [0.5, 0.6) is 0 Å². The van der Waals surface area contributed by atoms with Crippen molar-refractivity contribution in [1.29, 1.82) is 0 Å². The summed E-state index contributed by atoms with van der Waals surface area (Å²) in [7, 11) is -24.3. The van der Waals surface area contributed by atoms with Gasteiger partial charge >= 0.3 is 0 Å². The lowest BCUT2D eigenvalue weighted by Crippen LogP contribution is -2.18. The van der Waals surface area contributed by atoms with E-state index in [1.54, 1.807) is 26.0 Å². The van der Waals surface area contributed by atoms with Gasteiger partial charge in [0, 0.05) is 45.6 Å². The number of benzene rings is 6. The van der Waals surface area contributed by atoms with Gasteiger partial charge in [0.05, 0.1) is 21.6 Å². The van der Waals surface area contributed by atoms with Gasteiger partial charge in [0.15, 0.2) is 0 Å². The summed E-state index contributed by atoms with van der Waals surface area (Å²) in [4.78, 5) is 2.02. The Labute approximate surface area is 399 Å². The highest BCUT2D eigenvalue weighted by Crippen LogP contribution is 2.45. The van der Waals surface area contributed by atoms with Crippen LogP contribution in [0, 0.1) is 62.3 Å². The average Bonchev–Trinajstić information content (AvgIpc) is 3.19. The molecule has 0 saturated carbocycles. The molecule has 18 nitrogen and oxygen atoms in total. The summed E-state index contributed by atoms with van der Waals surface area (Å²) in [5.41, 5.74) is 2.33. The van der Waals surface area contributed by atoms with Crippen molar-refractivity contribution in [2.24, 2.45) is 4.99 Å². The van der Waals surface area contributed by atoms with E-state index < -0.39 is 75.4 Å². The summed E-state index contributed by atoms with van der Waals surface area (Å²) in [6.45, 7) is 13.4. The molecule has 0 amide bonds. The zero-order valence-corrected chi connectivity index (χ0v) is 42.3. The molecule has 1 aliphatic heterocycles. The number of hydrogen-bond donors (Lipinski definition) is 6. The molecule has 0 radical (unpaired) electrons. The number of rotatable bonds is 11. The van der Waals surface area contributed by atoms with Crippen molar-refractivity contribution in [3.8, 4) is 22.5 Å². The fourth-order valence-electron chi connectivity index (χ4n) is 9.13. The summed E-state index contributed by atoms with van der Waals surface area (Å²) < 4.78 is 181. The normalized spacial score (nSPS) is 13.1. The van der Waals surface area contributed by atoms with Crippen molar-refractivity contribution in [2.45, 2.75) is 86.8 Å². The first-order valence-electron chi connectivity index (χ1n) is 20.4. The second kappa shape index (κ2) is 17.4. The summed E-state index contributed by atoms with van der Waals surface area (Å²) in [5, 5.41) is 2.91. The fourth-order valence-corrected chi connectivity index (χ4v) is 14.0. The van der Waals surface area contributed by atoms with Gasteiger partial charge in [-0.3, -0.25) is 22.9 Å². The van der Waals surface area contributed by atoms with Gasteiger partial charge < -0.3 is 9.73 Å². The Bertz CT molecular complexity index is 4020. The molecule has 2 aliphatic rings. The Morgan fingerprint density at radius 2 is 1.00 bits per heavy atom. The third-order valence-corrected chi connectivity index (χ3v) is 17.4. The van der Waals surface area contributed by atoms with Gasteiger partial charge in [0.1, 0.15) is 30.9 Å². The van der Waals surface area contributed by atoms with E-state index in [9.17, 15) is 60.3 Å². The van der Waals surface area contributed by atoms with Crippen LogP contribution in [0.2, 0.25) is 0 Å². The number of nitrogens with one attached hydrogen (secondary N) is 2. The van der Waals surface area contributed by atoms with E-state index in [1.807, 2.05) is 0 Å². The highest BCUT2D eigenvalue weighted by molar-refractivity contribution is 7.93. The van der Waals surface area contributed by atoms with Crippen molar-refractivity contribution in [2.75, 3.05) is 10.0 Å². The minimum absolute atomic E-state index is 0.0324. The zero-order valence-electron chi connectivity index (χ0n) is 38.2. The molecule has 0 atom stereocenters. The predicted octanol–water partition coefficient (Wildman–Crippen LogP) is 8.74. The largest absolute Gasteiger partial charge is 0.456 e. The Hall–Kier alpha value is -6.02. The van der Waals surface area contributed by atoms with Gasteiger partial charge in [-0.15, -0.1) is 0 Å². The molecule has 364 valence electrons. The first-order valence-corrected chi connectivity index (χ1v) is 27.7. The monoisotopic (exact) mass is 1040 g/mol. The molecule has 23 heteroatoms. The Balaban J connectivity index is 1.58. The van der Waals surface area contributed by atoms with Crippen molar-refractivity contribution in [1.82, 2.24) is 0 Å². The van der Waals surface area contributed by atoms with Crippen LogP contribution in [0.1, 0.15) is 50.1 Å². The summed E-state index contributed by atoms with van der Waals surface area (Å²) >= 11 is 0. The number of sulfonamides is 1. The molecule has 0 spiro atoms. The van der Waals surface area contributed by atoms with Crippen LogP contribution in [0.25, 0.3) is 33.4 Å². The van der Waals surface area contributed by atoms with Gasteiger partial charge in [-0.25, -0.2) is 13.4 Å². The van der Waals surface area contributed by atoms with Crippen molar-refractivity contribution in [3.63, 3.8) is 0 Å². The zero-order chi connectivity index (χ0) is 51.2. The Kier molecular flexibility index (Phi) is 12.8. The molecule has 1 heterocycles. The quantitative estimate of drug-likeness (QED) is 0.0521. The maximum Gasteiger partial charge on any atom is 0.296 e. The van der Waals surface area contributed by atoms with Crippen LogP contribution < -0.4 is 15.4 Å². The second-order valence-electron chi connectivity index (χ2n) is 16.7. The SMILES string of the molecule is Cc1cc(C)c(S(=O)(=O)O)c(C)c1/N=c1\cc2oc3cc(Nc4c(C)cc(C)c(S(=O)(=O)O)c4C)ccc3c(-c3ccccc3S(=O)(=O)Nc3c(C)cc(C)c(S(=O)(=O)O)c3C)c-2cc1S(=O)(=O)O. The number of anilines is 3. The highest BCUT2D eigenvalue weighted by Gasteiger charge is 2.30. The van der Waals surface area contributed by atoms with E-state index in [4.69, 9.17) is 4.42 Å². The van der Waals surface area contributed by atoms with E-state index in [2.05, 4.69) is 15.0 Å². The molecule has 0 fully saturated rings. The van der Waals surface area contributed by atoms with E-state index in [1.165, 1.54) is 97.0 Å². The van der Waals surface area contributed by atoms with Gasteiger partial charge in [0.25, 0.3) is 50.5 Å². The van der Waals surface area contributed by atoms with Gasteiger partial charge in [-0.05, 0) is 137 Å². The number of hydrogen-bond acceptors (Lipinski definition) is 13. The van der Waals surface area contributed by atoms with Gasteiger partial charge in [-0.2, -0.15) is 33.7 Å². The minimum Gasteiger partial charge on any atom is -0.456 e. The molecule has 0 bridgehead atoms. The maximum atomic E-state index is 14.7. The molecule has 5 aromatic rings. The van der Waals surface area contributed by atoms with E-state index in [-0.39, 0.29) is 77.5 Å². The standard InChI is InChI=1S/C46H45N3O15S5/c1-22-16-25(4)44(67(55,56)57)28(7)41(22)47-31-14-15-32-36(19-31)64-37-21-35(48-42-23(2)17-26(5)45(29(42)8)68(58,59)60)39(66(52,53)54)20-34(37)40(32)33-12-10-11-13-38(33)65(50,51)49-43-24(3)18-27(6)46(30(43)9)69(61,62)63/h10-21,47,49H,1-9H3,(H,52,53,54)(H,55,56,57)(H,58,59,60)(H,61,62,63)/b48-35+. The fraction of sp³-hybridized carbons (Fsp3) is 0.196. The molecule has 0 aromatic heterocycles. The van der Waals surface area contributed by atoms with Crippen LogP contribution in [0.4, 0.5) is 22.7 Å². The molecule has 0 saturated heterocycles. The van der Waals surface area contributed by atoms with Crippen molar-refractivity contribution in [3.05, 3.63) is 128 Å². The van der Waals surface area contributed by atoms with Gasteiger partial charge in [0.2, 0.25) is 0 Å². The van der Waals surface area contributed by atoms with Crippen molar-refractivity contribution >= 4 is 84.2 Å². The highest BCUT2D eigenvalue weighted by atomic mass is 32.2. The third-order valence-electron chi connectivity index (χ3n) is 11.7. The van der Waals surface area contributed by atoms with Crippen LogP contribution in [-0.4, -0.2) is 60.3 Å². The second-order valence-corrected chi connectivity index (χ2v) is 23.9. The molecule has 0 unspecified atom stereocenters. The minimum atomic E-state index is -5.22. The lowest BCUT2D eigenvalue weighted by atomic mass is 9.93. The average molecular weight is 1040 g/mol. The van der Waals surface area contributed by atoms with Crippen molar-refractivity contribution < 1.29 is 64.7 Å². The van der Waals surface area contributed by atoms with E-state index in [0.29, 0.717) is 33.6 Å². The molecule has 6 N–H and O–H groups in total. The van der Waals surface area contributed by atoms with Gasteiger partial charge in [-0.1, -0.05) is 36.4 Å². The predicted molar refractivity (Wildman–Crippen MR) is 259 cm³/mol.